The van der Waals surface area contributed by atoms with E-state index in [1.54, 1.807) is 7.11 Å². The number of carbonyl (C=O) groups excluding carboxylic acids is 1. The van der Waals surface area contributed by atoms with Gasteiger partial charge in [-0.25, -0.2) is 4.79 Å². The lowest BCUT2D eigenvalue weighted by atomic mass is 10.1. The Balaban J connectivity index is 1.67. The SMILES string of the molecule is COc1ccc(C2(NC(=O)Nc3cccc(Br)c3)CC2)cc1. The van der Waals surface area contributed by atoms with Crippen molar-refractivity contribution >= 4 is 27.6 Å². The fourth-order valence-corrected chi connectivity index (χ4v) is 2.87. The van der Waals surface area contributed by atoms with E-state index in [1.807, 2.05) is 48.5 Å². The molecule has 0 bridgehead atoms. The van der Waals surface area contributed by atoms with Crippen LogP contribution >= 0.6 is 15.9 Å². The number of amides is 2. The number of nitrogens with one attached hydrogen (secondary N) is 2. The molecule has 4 nitrogen and oxygen atoms in total. The predicted octanol–water partition coefficient (Wildman–Crippen LogP) is 4.27. The van der Waals surface area contributed by atoms with Crippen LogP contribution in [-0.2, 0) is 5.54 Å². The summed E-state index contributed by atoms with van der Waals surface area (Å²) in [6, 6.07) is 15.2. The highest BCUT2D eigenvalue weighted by atomic mass is 79.9. The summed E-state index contributed by atoms with van der Waals surface area (Å²) in [7, 11) is 1.64. The van der Waals surface area contributed by atoms with Gasteiger partial charge in [-0.05, 0) is 48.7 Å². The fraction of sp³-hybridized carbons (Fsp3) is 0.235. The molecule has 1 aliphatic rings. The number of halogens is 1. The number of hydrogen-bond acceptors (Lipinski definition) is 2. The molecule has 0 aromatic heterocycles. The lowest BCUT2D eigenvalue weighted by Crippen LogP contribution is -2.38. The first-order valence-electron chi connectivity index (χ1n) is 7.11. The number of hydrogen-bond donors (Lipinski definition) is 2. The molecule has 0 saturated heterocycles. The van der Waals surface area contributed by atoms with E-state index in [2.05, 4.69) is 26.6 Å². The van der Waals surface area contributed by atoms with Crippen LogP contribution in [0.1, 0.15) is 18.4 Å². The van der Waals surface area contributed by atoms with E-state index in [9.17, 15) is 4.79 Å². The Morgan fingerprint density at radius 1 is 1.18 bits per heavy atom. The van der Waals surface area contributed by atoms with Crippen LogP contribution in [0, 0.1) is 0 Å². The average Bonchev–Trinajstić information content (AvgIpc) is 3.28. The van der Waals surface area contributed by atoms with Gasteiger partial charge in [-0.15, -0.1) is 0 Å². The molecule has 2 amide bonds. The number of rotatable bonds is 4. The number of carbonyl (C=O) groups is 1. The zero-order valence-corrected chi connectivity index (χ0v) is 13.8. The molecule has 2 aromatic carbocycles. The molecule has 22 heavy (non-hydrogen) atoms. The third-order valence-electron chi connectivity index (χ3n) is 3.83. The van der Waals surface area contributed by atoms with E-state index >= 15 is 0 Å². The molecule has 1 saturated carbocycles. The molecular formula is C17H17BrN2O2. The standard InChI is InChI=1S/C17H17BrN2O2/c1-22-15-7-5-12(6-8-15)17(9-10-17)20-16(21)19-14-4-2-3-13(18)11-14/h2-8,11H,9-10H2,1H3,(H2,19,20,21). The van der Waals surface area contributed by atoms with Gasteiger partial charge in [0.2, 0.25) is 0 Å². The molecular weight excluding hydrogens is 344 g/mol. The summed E-state index contributed by atoms with van der Waals surface area (Å²) < 4.78 is 6.10. The van der Waals surface area contributed by atoms with Gasteiger partial charge >= 0.3 is 6.03 Å². The van der Waals surface area contributed by atoms with E-state index in [0.717, 1.165) is 34.3 Å². The summed E-state index contributed by atoms with van der Waals surface area (Å²) in [5, 5.41) is 5.95. The Morgan fingerprint density at radius 3 is 2.50 bits per heavy atom. The minimum Gasteiger partial charge on any atom is -0.497 e. The number of methoxy groups -OCH3 is 1. The molecule has 0 radical (unpaired) electrons. The van der Waals surface area contributed by atoms with E-state index < -0.39 is 0 Å². The predicted molar refractivity (Wildman–Crippen MR) is 90.2 cm³/mol. The van der Waals surface area contributed by atoms with Gasteiger partial charge in [0.25, 0.3) is 0 Å². The van der Waals surface area contributed by atoms with Crippen LogP contribution in [0.25, 0.3) is 0 Å². The van der Waals surface area contributed by atoms with Crippen LogP contribution in [0.4, 0.5) is 10.5 Å². The summed E-state index contributed by atoms with van der Waals surface area (Å²) in [6.07, 6.45) is 1.90. The van der Waals surface area contributed by atoms with Crippen molar-refractivity contribution in [3.05, 3.63) is 58.6 Å². The number of urea groups is 1. The molecule has 2 aromatic rings. The molecule has 114 valence electrons. The first-order valence-corrected chi connectivity index (χ1v) is 7.90. The van der Waals surface area contributed by atoms with Crippen LogP contribution in [0.2, 0.25) is 0 Å². The molecule has 1 fully saturated rings. The third-order valence-corrected chi connectivity index (χ3v) is 4.32. The lowest BCUT2D eigenvalue weighted by molar-refractivity contribution is 0.247. The summed E-state index contributed by atoms with van der Waals surface area (Å²) in [5.74, 6) is 0.818. The average molecular weight is 361 g/mol. The van der Waals surface area contributed by atoms with E-state index in [4.69, 9.17) is 4.74 Å². The molecule has 0 spiro atoms. The molecule has 0 atom stereocenters. The normalized spacial score (nSPS) is 15.0. The molecule has 0 aliphatic heterocycles. The minimum atomic E-state index is -0.248. The maximum absolute atomic E-state index is 12.2. The smallest absolute Gasteiger partial charge is 0.319 e. The van der Waals surface area contributed by atoms with E-state index in [-0.39, 0.29) is 11.6 Å². The van der Waals surface area contributed by atoms with Gasteiger partial charge in [0.1, 0.15) is 5.75 Å². The van der Waals surface area contributed by atoms with Gasteiger partial charge in [-0.3, -0.25) is 0 Å². The summed E-state index contributed by atoms with van der Waals surface area (Å²) >= 11 is 3.39. The number of anilines is 1. The molecule has 0 heterocycles. The summed E-state index contributed by atoms with van der Waals surface area (Å²) in [6.45, 7) is 0. The zero-order valence-electron chi connectivity index (χ0n) is 12.2. The van der Waals surface area contributed by atoms with Crippen molar-refractivity contribution in [3.63, 3.8) is 0 Å². The van der Waals surface area contributed by atoms with Crippen LogP contribution in [0.5, 0.6) is 5.75 Å². The van der Waals surface area contributed by atoms with Crippen LogP contribution in [0.15, 0.2) is 53.0 Å². The van der Waals surface area contributed by atoms with Crippen molar-refractivity contribution < 1.29 is 9.53 Å². The maximum atomic E-state index is 12.2. The molecule has 1 aliphatic carbocycles. The quantitative estimate of drug-likeness (QED) is 0.855. The van der Waals surface area contributed by atoms with E-state index in [1.165, 1.54) is 0 Å². The second kappa shape index (κ2) is 6.01. The number of benzene rings is 2. The van der Waals surface area contributed by atoms with Crippen LogP contribution < -0.4 is 15.4 Å². The van der Waals surface area contributed by atoms with E-state index in [0.29, 0.717) is 0 Å². The van der Waals surface area contributed by atoms with Crippen molar-refractivity contribution in [2.75, 3.05) is 12.4 Å². The Bertz CT molecular complexity index is 681. The molecule has 3 rings (SSSR count). The van der Waals surface area contributed by atoms with Gasteiger partial charge in [0.05, 0.1) is 12.6 Å². The van der Waals surface area contributed by atoms with Crippen molar-refractivity contribution in [1.29, 1.82) is 0 Å². The van der Waals surface area contributed by atoms with Gasteiger partial charge in [-0.1, -0.05) is 34.1 Å². The summed E-state index contributed by atoms with van der Waals surface area (Å²) in [5.41, 5.74) is 1.62. The largest absolute Gasteiger partial charge is 0.497 e. The molecule has 2 N–H and O–H groups in total. The highest BCUT2D eigenvalue weighted by molar-refractivity contribution is 9.10. The first kappa shape index (κ1) is 14.9. The van der Waals surface area contributed by atoms with Gasteiger partial charge < -0.3 is 15.4 Å². The van der Waals surface area contributed by atoms with Crippen LogP contribution in [-0.4, -0.2) is 13.1 Å². The summed E-state index contributed by atoms with van der Waals surface area (Å²) in [4.78, 5) is 12.2. The Labute approximate surface area is 138 Å². The van der Waals surface area contributed by atoms with Crippen LogP contribution in [0.3, 0.4) is 0 Å². The zero-order chi connectivity index (χ0) is 15.6. The Morgan fingerprint density at radius 2 is 1.91 bits per heavy atom. The highest BCUT2D eigenvalue weighted by Gasteiger charge is 2.45. The highest BCUT2D eigenvalue weighted by Crippen LogP contribution is 2.45. The first-order chi connectivity index (χ1) is 10.6. The van der Waals surface area contributed by atoms with Gasteiger partial charge in [-0.2, -0.15) is 0 Å². The van der Waals surface area contributed by atoms with Gasteiger partial charge in [0, 0.05) is 10.2 Å². The lowest BCUT2D eigenvalue weighted by Gasteiger charge is -2.19. The molecule has 0 unspecified atom stereocenters. The Kier molecular flexibility index (Phi) is 4.07. The molecule has 5 heteroatoms. The topological polar surface area (TPSA) is 50.4 Å². The van der Waals surface area contributed by atoms with Crippen molar-refractivity contribution in [2.45, 2.75) is 18.4 Å². The monoisotopic (exact) mass is 360 g/mol. The van der Waals surface area contributed by atoms with Gasteiger partial charge in [0.15, 0.2) is 0 Å². The third kappa shape index (κ3) is 3.25. The fourth-order valence-electron chi connectivity index (χ4n) is 2.47. The second-order valence-corrected chi connectivity index (χ2v) is 6.32. The van der Waals surface area contributed by atoms with Crippen molar-refractivity contribution in [2.24, 2.45) is 0 Å². The number of ether oxygens (including phenoxy) is 1. The van der Waals surface area contributed by atoms with Crippen molar-refractivity contribution in [3.8, 4) is 5.75 Å². The van der Waals surface area contributed by atoms with Crippen molar-refractivity contribution in [1.82, 2.24) is 5.32 Å². The minimum absolute atomic E-state index is 0.189. The second-order valence-electron chi connectivity index (χ2n) is 5.40. The Hall–Kier alpha value is -2.01. The maximum Gasteiger partial charge on any atom is 0.319 e.